The first kappa shape index (κ1) is 22.7. The number of furan rings is 1. The van der Waals surface area contributed by atoms with Gasteiger partial charge in [0.2, 0.25) is 5.82 Å². The minimum absolute atomic E-state index is 0. The molecule has 0 saturated heterocycles. The molecular weight excluding hydrogens is 483 g/mol. The van der Waals surface area contributed by atoms with Crippen LogP contribution in [0.1, 0.15) is 18.3 Å². The van der Waals surface area contributed by atoms with Crippen LogP contribution < -0.4 is 10.1 Å². The third kappa shape index (κ3) is 6.48. The van der Waals surface area contributed by atoms with Gasteiger partial charge in [-0.3, -0.25) is 10.1 Å². The molecule has 0 fully saturated rings. The monoisotopic (exact) mass is 510 g/mol. The second-order valence-corrected chi connectivity index (χ2v) is 6.24. The minimum Gasteiger partial charge on any atom is -0.494 e. The number of rotatable bonds is 8. The van der Waals surface area contributed by atoms with Crippen molar-refractivity contribution in [2.75, 3.05) is 27.2 Å². The van der Waals surface area contributed by atoms with E-state index in [-0.39, 0.29) is 24.0 Å². The summed E-state index contributed by atoms with van der Waals surface area (Å²) in [4.78, 5) is 10.9. The number of aromatic amines is 1. The first-order valence-electron chi connectivity index (χ1n) is 9.28. The Morgan fingerprint density at radius 2 is 2.07 bits per heavy atom. The highest BCUT2D eigenvalue weighted by atomic mass is 127. The van der Waals surface area contributed by atoms with E-state index < -0.39 is 0 Å². The van der Waals surface area contributed by atoms with E-state index in [1.807, 2.05) is 38.2 Å². The van der Waals surface area contributed by atoms with E-state index in [4.69, 9.17) is 9.15 Å². The molecule has 0 saturated carbocycles. The van der Waals surface area contributed by atoms with Gasteiger partial charge in [-0.15, -0.1) is 24.0 Å². The molecule has 1 aromatic carbocycles. The molecule has 2 aromatic heterocycles. The Kier molecular flexibility index (Phi) is 8.97. The third-order valence-electron chi connectivity index (χ3n) is 4.15. The second kappa shape index (κ2) is 11.4. The summed E-state index contributed by atoms with van der Waals surface area (Å²) in [6.07, 6.45) is 2.31. The van der Waals surface area contributed by atoms with Crippen molar-refractivity contribution in [3.63, 3.8) is 0 Å². The van der Waals surface area contributed by atoms with Crippen molar-refractivity contribution in [1.82, 2.24) is 25.4 Å². The molecule has 3 aromatic rings. The van der Waals surface area contributed by atoms with Crippen molar-refractivity contribution >= 4 is 29.9 Å². The number of guanidine groups is 1. The summed E-state index contributed by atoms with van der Waals surface area (Å²) in [6.45, 7) is 4.09. The standard InChI is InChI=1S/C20H26N6O2.HI/c1-4-27-16-9-7-15(8-10-16)14-26(3)20(21-2)22-12-11-18-23-19(25-24-18)17-6-5-13-28-17;/h5-10,13H,4,11-12,14H2,1-3H3,(H,21,22)(H,23,24,25);1H. The molecular formula is C20H27IN6O2. The van der Waals surface area contributed by atoms with E-state index in [1.165, 1.54) is 5.56 Å². The van der Waals surface area contributed by atoms with Crippen LogP contribution in [0.3, 0.4) is 0 Å². The largest absolute Gasteiger partial charge is 0.494 e. The molecule has 0 aliphatic carbocycles. The highest BCUT2D eigenvalue weighted by molar-refractivity contribution is 14.0. The van der Waals surface area contributed by atoms with Crippen LogP contribution in [-0.2, 0) is 13.0 Å². The number of ether oxygens (including phenoxy) is 1. The van der Waals surface area contributed by atoms with Gasteiger partial charge in [-0.1, -0.05) is 12.1 Å². The van der Waals surface area contributed by atoms with Crippen molar-refractivity contribution in [1.29, 1.82) is 0 Å². The molecule has 0 aliphatic heterocycles. The number of hydrogen-bond donors (Lipinski definition) is 2. The van der Waals surface area contributed by atoms with Gasteiger partial charge in [0.15, 0.2) is 11.7 Å². The lowest BCUT2D eigenvalue weighted by Gasteiger charge is -2.22. The number of nitrogens with zero attached hydrogens (tertiary/aromatic N) is 4. The highest BCUT2D eigenvalue weighted by Gasteiger charge is 2.10. The molecule has 8 nitrogen and oxygen atoms in total. The maximum atomic E-state index is 5.49. The zero-order valence-electron chi connectivity index (χ0n) is 16.9. The number of aromatic nitrogens is 3. The first-order chi connectivity index (χ1) is 13.7. The number of nitrogens with one attached hydrogen (secondary N) is 2. The fourth-order valence-electron chi connectivity index (χ4n) is 2.81. The number of aliphatic imine (C=N–C) groups is 1. The van der Waals surface area contributed by atoms with Crippen molar-refractivity contribution in [3.05, 3.63) is 54.0 Å². The van der Waals surface area contributed by atoms with Crippen molar-refractivity contribution in [3.8, 4) is 17.3 Å². The molecule has 0 amide bonds. The van der Waals surface area contributed by atoms with Crippen LogP contribution in [0.5, 0.6) is 5.75 Å². The Hall–Kier alpha value is -2.56. The van der Waals surface area contributed by atoms with Gasteiger partial charge in [-0.25, -0.2) is 4.98 Å². The minimum atomic E-state index is 0. The molecule has 0 radical (unpaired) electrons. The summed E-state index contributed by atoms with van der Waals surface area (Å²) in [7, 11) is 3.79. The van der Waals surface area contributed by atoms with Crippen LogP contribution in [0.25, 0.3) is 11.6 Å². The van der Waals surface area contributed by atoms with Gasteiger partial charge < -0.3 is 19.4 Å². The molecule has 29 heavy (non-hydrogen) atoms. The quantitative estimate of drug-likeness (QED) is 0.275. The van der Waals surface area contributed by atoms with E-state index in [9.17, 15) is 0 Å². The molecule has 2 heterocycles. The fourth-order valence-corrected chi connectivity index (χ4v) is 2.81. The molecule has 0 atom stereocenters. The van der Waals surface area contributed by atoms with E-state index in [1.54, 1.807) is 13.3 Å². The second-order valence-electron chi connectivity index (χ2n) is 6.24. The van der Waals surface area contributed by atoms with Gasteiger partial charge in [0.1, 0.15) is 11.6 Å². The van der Waals surface area contributed by atoms with E-state index in [0.29, 0.717) is 31.2 Å². The van der Waals surface area contributed by atoms with Gasteiger partial charge in [-0.2, -0.15) is 5.10 Å². The fraction of sp³-hybridized carbons (Fsp3) is 0.350. The van der Waals surface area contributed by atoms with Crippen LogP contribution in [0.4, 0.5) is 0 Å². The smallest absolute Gasteiger partial charge is 0.216 e. The lowest BCUT2D eigenvalue weighted by atomic mass is 10.2. The summed E-state index contributed by atoms with van der Waals surface area (Å²) in [5.41, 5.74) is 1.19. The first-order valence-corrected chi connectivity index (χ1v) is 9.28. The molecule has 0 unspecified atom stereocenters. The molecule has 0 aliphatic rings. The van der Waals surface area contributed by atoms with Crippen molar-refractivity contribution < 1.29 is 9.15 Å². The van der Waals surface area contributed by atoms with Gasteiger partial charge >= 0.3 is 0 Å². The average Bonchev–Trinajstić information content (AvgIpc) is 3.38. The number of hydrogen-bond acceptors (Lipinski definition) is 5. The van der Waals surface area contributed by atoms with Crippen LogP contribution in [0.2, 0.25) is 0 Å². The lowest BCUT2D eigenvalue weighted by molar-refractivity contribution is 0.340. The van der Waals surface area contributed by atoms with E-state index in [0.717, 1.165) is 24.1 Å². The molecule has 156 valence electrons. The molecule has 0 spiro atoms. The maximum Gasteiger partial charge on any atom is 0.216 e. The number of halogens is 1. The SMILES string of the molecule is CCOc1ccc(CN(C)C(=NC)NCCc2nc(-c3ccco3)n[nH]2)cc1.I. The van der Waals surface area contributed by atoms with E-state index in [2.05, 4.69) is 42.5 Å². The van der Waals surface area contributed by atoms with Gasteiger partial charge in [0.25, 0.3) is 0 Å². The zero-order valence-corrected chi connectivity index (χ0v) is 19.2. The third-order valence-corrected chi connectivity index (χ3v) is 4.15. The number of benzene rings is 1. The van der Waals surface area contributed by atoms with Crippen molar-refractivity contribution in [2.45, 2.75) is 19.9 Å². The summed E-state index contributed by atoms with van der Waals surface area (Å²) in [5, 5.41) is 10.5. The Balaban J connectivity index is 0.00000300. The maximum absolute atomic E-state index is 5.49. The molecule has 3 rings (SSSR count). The predicted molar refractivity (Wildman–Crippen MR) is 124 cm³/mol. The van der Waals surface area contributed by atoms with Crippen LogP contribution in [0, 0.1) is 0 Å². The summed E-state index contributed by atoms with van der Waals surface area (Å²) >= 11 is 0. The summed E-state index contributed by atoms with van der Waals surface area (Å²) in [6, 6.07) is 11.8. The van der Waals surface area contributed by atoms with Gasteiger partial charge in [0.05, 0.1) is 12.9 Å². The summed E-state index contributed by atoms with van der Waals surface area (Å²) < 4.78 is 10.8. The van der Waals surface area contributed by atoms with Crippen LogP contribution >= 0.6 is 24.0 Å². The van der Waals surface area contributed by atoms with Crippen LogP contribution in [-0.4, -0.2) is 53.3 Å². The zero-order chi connectivity index (χ0) is 19.8. The van der Waals surface area contributed by atoms with Crippen molar-refractivity contribution in [2.24, 2.45) is 4.99 Å². The Bertz CT molecular complexity index is 877. The van der Waals surface area contributed by atoms with Gasteiger partial charge in [0, 0.05) is 33.6 Å². The summed E-state index contributed by atoms with van der Waals surface area (Å²) in [5.74, 6) is 3.72. The molecule has 0 bridgehead atoms. The molecule has 9 heteroatoms. The number of H-pyrrole nitrogens is 1. The normalized spacial score (nSPS) is 11.1. The topological polar surface area (TPSA) is 91.6 Å². The Labute approximate surface area is 187 Å². The Morgan fingerprint density at radius 1 is 1.28 bits per heavy atom. The Morgan fingerprint density at radius 3 is 2.72 bits per heavy atom. The highest BCUT2D eigenvalue weighted by Crippen LogP contribution is 2.15. The molecule has 2 N–H and O–H groups in total. The predicted octanol–water partition coefficient (Wildman–Crippen LogP) is 3.33. The van der Waals surface area contributed by atoms with Gasteiger partial charge in [-0.05, 0) is 36.8 Å². The van der Waals surface area contributed by atoms with E-state index >= 15 is 0 Å². The lowest BCUT2D eigenvalue weighted by Crippen LogP contribution is -2.39. The average molecular weight is 510 g/mol. The van der Waals surface area contributed by atoms with Crippen LogP contribution in [0.15, 0.2) is 52.1 Å².